The van der Waals surface area contributed by atoms with Crippen LogP contribution in [0.4, 0.5) is 4.39 Å². The van der Waals surface area contributed by atoms with Crippen LogP contribution in [0.25, 0.3) is 11.0 Å². The Bertz CT molecular complexity index is 776. The highest BCUT2D eigenvalue weighted by Crippen LogP contribution is 2.23. The van der Waals surface area contributed by atoms with E-state index < -0.39 is 5.82 Å². The molecule has 2 aromatic heterocycles. The molecule has 0 unspecified atom stereocenters. The summed E-state index contributed by atoms with van der Waals surface area (Å²) in [5.74, 6) is -0.447. The van der Waals surface area contributed by atoms with E-state index >= 15 is 0 Å². The molecule has 1 N–H and O–H groups in total. The third kappa shape index (κ3) is 2.43. The van der Waals surface area contributed by atoms with Crippen LogP contribution in [0.5, 0.6) is 0 Å². The lowest BCUT2D eigenvalue weighted by Crippen LogP contribution is -2.01. The summed E-state index contributed by atoms with van der Waals surface area (Å²) in [6.45, 7) is 0.685. The summed E-state index contributed by atoms with van der Waals surface area (Å²) < 4.78 is 15.9. The first-order valence-corrected chi connectivity index (χ1v) is 7.32. The van der Waals surface area contributed by atoms with E-state index in [1.54, 1.807) is 22.9 Å². The molecule has 0 saturated heterocycles. The van der Waals surface area contributed by atoms with Gasteiger partial charge in [-0.3, -0.25) is 0 Å². The van der Waals surface area contributed by atoms with E-state index in [0.29, 0.717) is 16.8 Å². The van der Waals surface area contributed by atoms with Crippen LogP contribution in [-0.4, -0.2) is 14.5 Å². The smallest absolute Gasteiger partial charge is 0.178 e. The highest BCUT2D eigenvalue weighted by molar-refractivity contribution is 7.71. The SMILES string of the molecule is Fc1cc2[nH]c(=S)n(CCc3cscn3)c2cc1Cl. The number of aromatic nitrogens is 3. The Morgan fingerprint density at radius 3 is 3.05 bits per heavy atom. The number of rotatable bonds is 3. The Labute approximate surface area is 122 Å². The number of hydrogen-bond donors (Lipinski definition) is 1. The highest BCUT2D eigenvalue weighted by atomic mass is 35.5. The molecular weight excluding hydrogens is 305 g/mol. The van der Waals surface area contributed by atoms with E-state index in [-0.39, 0.29) is 5.02 Å². The lowest BCUT2D eigenvalue weighted by atomic mass is 10.3. The van der Waals surface area contributed by atoms with Crippen LogP contribution in [-0.2, 0) is 13.0 Å². The van der Waals surface area contributed by atoms with Crippen molar-refractivity contribution in [1.82, 2.24) is 14.5 Å². The number of fused-ring (bicyclic) bond motifs is 1. The van der Waals surface area contributed by atoms with Crippen LogP contribution in [0, 0.1) is 10.6 Å². The van der Waals surface area contributed by atoms with Crippen molar-refractivity contribution in [3.63, 3.8) is 0 Å². The normalized spacial score (nSPS) is 11.3. The molecule has 0 bridgehead atoms. The van der Waals surface area contributed by atoms with Crippen molar-refractivity contribution in [2.45, 2.75) is 13.0 Å². The van der Waals surface area contributed by atoms with Gasteiger partial charge in [-0.25, -0.2) is 9.37 Å². The molecule has 2 heterocycles. The number of H-pyrrole nitrogens is 1. The second-order valence-electron chi connectivity index (χ2n) is 4.10. The van der Waals surface area contributed by atoms with Crippen molar-refractivity contribution >= 4 is 46.2 Å². The zero-order chi connectivity index (χ0) is 13.4. The maximum atomic E-state index is 13.4. The molecule has 3 nitrogen and oxygen atoms in total. The van der Waals surface area contributed by atoms with Crippen molar-refractivity contribution in [1.29, 1.82) is 0 Å². The molecule has 1 aromatic carbocycles. The van der Waals surface area contributed by atoms with Gasteiger partial charge in [0.1, 0.15) is 5.82 Å². The fourth-order valence-corrected chi connectivity index (χ4v) is 3.01. The minimum absolute atomic E-state index is 0.101. The van der Waals surface area contributed by atoms with Gasteiger partial charge in [-0.2, -0.15) is 0 Å². The number of thiazole rings is 1. The van der Waals surface area contributed by atoms with E-state index in [9.17, 15) is 4.39 Å². The number of nitrogens with one attached hydrogen (secondary N) is 1. The van der Waals surface area contributed by atoms with Crippen LogP contribution in [0.3, 0.4) is 0 Å². The summed E-state index contributed by atoms with van der Waals surface area (Å²) in [5, 5.41) is 2.11. The van der Waals surface area contributed by atoms with Crippen molar-refractivity contribution in [2.24, 2.45) is 0 Å². The molecular formula is C12H9ClFN3S2. The average Bonchev–Trinajstić information content (AvgIpc) is 2.96. The standard InChI is InChI=1S/C12H9ClFN3S2/c13-8-3-11-10(4-9(8)14)16-12(18)17(11)2-1-7-5-19-6-15-7/h3-6H,1-2H2,(H,16,18). The monoisotopic (exact) mass is 313 g/mol. The molecule has 0 amide bonds. The van der Waals surface area contributed by atoms with Gasteiger partial charge in [0.25, 0.3) is 0 Å². The van der Waals surface area contributed by atoms with Crippen LogP contribution in [0.15, 0.2) is 23.0 Å². The predicted octanol–water partition coefficient (Wildman–Crippen LogP) is 4.19. The second kappa shape index (κ2) is 5.03. The number of imidazole rings is 1. The van der Waals surface area contributed by atoms with Crippen LogP contribution >= 0.6 is 35.2 Å². The third-order valence-electron chi connectivity index (χ3n) is 2.89. The molecule has 0 fully saturated rings. The maximum Gasteiger partial charge on any atom is 0.178 e. The van der Waals surface area contributed by atoms with Crippen LogP contribution in [0.1, 0.15) is 5.69 Å². The van der Waals surface area contributed by atoms with E-state index in [0.717, 1.165) is 17.6 Å². The van der Waals surface area contributed by atoms with Gasteiger partial charge in [0.05, 0.1) is 27.3 Å². The third-order valence-corrected chi connectivity index (χ3v) is 4.14. The summed E-state index contributed by atoms with van der Waals surface area (Å²) in [6, 6.07) is 2.96. The number of benzene rings is 1. The van der Waals surface area contributed by atoms with Gasteiger partial charge in [-0.1, -0.05) is 11.6 Å². The average molecular weight is 314 g/mol. The molecule has 7 heteroatoms. The van der Waals surface area contributed by atoms with E-state index in [1.165, 1.54) is 6.07 Å². The number of nitrogens with zero attached hydrogens (tertiary/aromatic N) is 2. The van der Waals surface area contributed by atoms with Crippen molar-refractivity contribution in [3.05, 3.63) is 44.3 Å². The molecule has 19 heavy (non-hydrogen) atoms. The Balaban J connectivity index is 2.00. The zero-order valence-electron chi connectivity index (χ0n) is 9.69. The maximum absolute atomic E-state index is 13.4. The summed E-state index contributed by atoms with van der Waals surface area (Å²) in [7, 11) is 0. The van der Waals surface area contributed by atoms with Gasteiger partial charge in [-0.05, 0) is 18.3 Å². The summed E-state index contributed by atoms with van der Waals surface area (Å²) >= 11 is 12.6. The van der Waals surface area contributed by atoms with Crippen LogP contribution < -0.4 is 0 Å². The minimum Gasteiger partial charge on any atom is -0.330 e. The molecule has 0 atom stereocenters. The summed E-state index contributed by atoms with van der Waals surface area (Å²) in [6.07, 6.45) is 0.778. The molecule has 0 aliphatic carbocycles. The molecule has 3 aromatic rings. The predicted molar refractivity (Wildman–Crippen MR) is 77.9 cm³/mol. The van der Waals surface area contributed by atoms with Crippen molar-refractivity contribution in [2.75, 3.05) is 0 Å². The fourth-order valence-electron chi connectivity index (χ4n) is 1.96. The Morgan fingerprint density at radius 1 is 1.47 bits per heavy atom. The quantitative estimate of drug-likeness (QED) is 0.736. The molecule has 0 radical (unpaired) electrons. The molecule has 0 saturated carbocycles. The molecule has 0 spiro atoms. The first kappa shape index (κ1) is 12.8. The Morgan fingerprint density at radius 2 is 2.32 bits per heavy atom. The van der Waals surface area contributed by atoms with E-state index in [2.05, 4.69) is 9.97 Å². The summed E-state index contributed by atoms with van der Waals surface area (Å²) in [5.41, 5.74) is 4.29. The number of aryl methyl sites for hydroxylation is 2. The van der Waals surface area contributed by atoms with Gasteiger partial charge in [0.15, 0.2) is 4.77 Å². The van der Waals surface area contributed by atoms with Crippen molar-refractivity contribution in [3.8, 4) is 0 Å². The van der Waals surface area contributed by atoms with Gasteiger partial charge in [0.2, 0.25) is 0 Å². The summed E-state index contributed by atoms with van der Waals surface area (Å²) in [4.78, 5) is 7.22. The second-order valence-corrected chi connectivity index (χ2v) is 5.61. The van der Waals surface area contributed by atoms with E-state index in [4.69, 9.17) is 23.8 Å². The number of aromatic amines is 1. The lowest BCUT2D eigenvalue weighted by Gasteiger charge is -2.03. The Kier molecular flexibility index (Phi) is 3.38. The van der Waals surface area contributed by atoms with E-state index in [1.807, 2.05) is 9.95 Å². The minimum atomic E-state index is -0.447. The Hall–Kier alpha value is -1.24. The van der Waals surface area contributed by atoms with Crippen molar-refractivity contribution < 1.29 is 4.39 Å². The molecule has 0 aliphatic heterocycles. The fraction of sp³-hybridized carbons (Fsp3) is 0.167. The largest absolute Gasteiger partial charge is 0.330 e. The van der Waals surface area contributed by atoms with Crippen LogP contribution in [0.2, 0.25) is 5.02 Å². The lowest BCUT2D eigenvalue weighted by molar-refractivity contribution is 0.629. The molecule has 3 rings (SSSR count). The molecule has 98 valence electrons. The highest BCUT2D eigenvalue weighted by Gasteiger charge is 2.09. The van der Waals surface area contributed by atoms with Gasteiger partial charge >= 0.3 is 0 Å². The van der Waals surface area contributed by atoms with Gasteiger partial charge in [0, 0.05) is 24.4 Å². The zero-order valence-corrected chi connectivity index (χ0v) is 12.1. The van der Waals surface area contributed by atoms with Gasteiger partial charge < -0.3 is 9.55 Å². The first-order chi connectivity index (χ1) is 9.15. The van der Waals surface area contributed by atoms with Gasteiger partial charge in [-0.15, -0.1) is 11.3 Å². The topological polar surface area (TPSA) is 33.6 Å². The first-order valence-electron chi connectivity index (χ1n) is 5.60. The number of halogens is 2. The molecule has 0 aliphatic rings. The number of hydrogen-bond acceptors (Lipinski definition) is 3.